The Morgan fingerprint density at radius 1 is 0.844 bits per heavy atom. The lowest BCUT2D eigenvalue weighted by Gasteiger charge is -2.21. The molecule has 0 aliphatic rings. The maximum absolute atomic E-state index is 10.4. The van der Waals surface area contributed by atoms with Crippen molar-refractivity contribution in [3.63, 3.8) is 0 Å². The van der Waals surface area contributed by atoms with Crippen LogP contribution in [0, 0.1) is 0 Å². The van der Waals surface area contributed by atoms with E-state index in [4.69, 9.17) is 11.6 Å². The van der Waals surface area contributed by atoms with Gasteiger partial charge in [0, 0.05) is 10.4 Å². The number of aromatic nitrogens is 1. The monoisotopic (exact) mass is 439 g/mol. The quantitative estimate of drug-likeness (QED) is 0.336. The Bertz CT molecular complexity index is 1300. The zero-order chi connectivity index (χ0) is 22.6. The third-order valence-electron chi connectivity index (χ3n) is 5.36. The summed E-state index contributed by atoms with van der Waals surface area (Å²) in [6.45, 7) is 3.65. The van der Waals surface area contributed by atoms with Crippen LogP contribution < -0.4 is 0 Å². The molecule has 0 unspecified atom stereocenters. The van der Waals surface area contributed by atoms with Crippen LogP contribution in [0.2, 0.25) is 5.02 Å². The van der Waals surface area contributed by atoms with E-state index in [1.807, 2.05) is 62.4 Å². The van der Waals surface area contributed by atoms with Crippen molar-refractivity contribution in [3.8, 4) is 0 Å². The average molecular weight is 440 g/mol. The molecule has 2 nitrogen and oxygen atoms in total. The second-order valence-electron chi connectivity index (χ2n) is 8.40. The average Bonchev–Trinajstić information content (AvgIpc) is 2.77. The first-order valence-electron chi connectivity index (χ1n) is 10.7. The highest BCUT2D eigenvalue weighted by Gasteiger charge is 2.18. The van der Waals surface area contributed by atoms with Crippen molar-refractivity contribution in [1.82, 2.24) is 4.98 Å². The van der Waals surface area contributed by atoms with Crippen molar-refractivity contribution < 1.29 is 5.11 Å². The summed E-state index contributed by atoms with van der Waals surface area (Å²) in [5, 5.41) is 12.2. The number of allylic oxidation sites excluding steroid dienone is 1. The van der Waals surface area contributed by atoms with Crippen molar-refractivity contribution in [2.45, 2.75) is 25.9 Å². The molecule has 0 aliphatic heterocycles. The molecular weight excluding hydrogens is 414 g/mol. The van der Waals surface area contributed by atoms with E-state index >= 15 is 0 Å². The maximum atomic E-state index is 10.4. The van der Waals surface area contributed by atoms with Crippen LogP contribution in [0.4, 0.5) is 0 Å². The van der Waals surface area contributed by atoms with Gasteiger partial charge in [-0.15, -0.1) is 0 Å². The fourth-order valence-corrected chi connectivity index (χ4v) is 3.93. The van der Waals surface area contributed by atoms with Gasteiger partial charge in [0.15, 0.2) is 0 Å². The van der Waals surface area contributed by atoms with Crippen molar-refractivity contribution >= 4 is 40.7 Å². The summed E-state index contributed by atoms with van der Waals surface area (Å²) >= 11 is 6.10. The third-order valence-corrected chi connectivity index (χ3v) is 5.59. The molecule has 0 radical (unpaired) electrons. The van der Waals surface area contributed by atoms with Crippen LogP contribution in [0.15, 0.2) is 84.9 Å². The largest absolute Gasteiger partial charge is 0.386 e. The molecule has 3 heteroatoms. The Balaban J connectivity index is 1.48. The van der Waals surface area contributed by atoms with Crippen molar-refractivity contribution in [3.05, 3.63) is 118 Å². The second-order valence-corrected chi connectivity index (χ2v) is 8.84. The molecule has 160 valence electrons. The van der Waals surface area contributed by atoms with E-state index in [1.54, 1.807) is 0 Å². The van der Waals surface area contributed by atoms with Crippen molar-refractivity contribution in [1.29, 1.82) is 0 Å². The fraction of sp³-hybridized carbons (Fsp3) is 0.138. The number of nitrogens with zero attached hydrogens (tertiary/aromatic N) is 1. The lowest BCUT2D eigenvalue weighted by atomic mass is 9.91. The molecule has 4 rings (SSSR count). The van der Waals surface area contributed by atoms with Gasteiger partial charge in [-0.25, -0.2) is 4.98 Å². The van der Waals surface area contributed by atoms with E-state index in [2.05, 4.69) is 59.6 Å². The predicted molar refractivity (Wildman–Crippen MR) is 137 cm³/mol. The Labute approximate surface area is 194 Å². The standard InChI is InChI=1S/C29H26ClNO/c1-29(2,32)27-12-4-3-10-23(27)11-6-9-21-7-5-8-22(19-21)13-17-26-18-15-24-14-16-25(30)20-28(24)31-26/h3-10,12-20,32H,11H2,1-2H3/b9-6+,17-13+. The molecule has 0 saturated heterocycles. The number of aliphatic hydroxyl groups is 1. The molecule has 0 atom stereocenters. The number of hydrogen-bond acceptors (Lipinski definition) is 2. The smallest absolute Gasteiger partial charge is 0.0843 e. The highest BCUT2D eigenvalue weighted by molar-refractivity contribution is 6.31. The van der Waals surface area contributed by atoms with Gasteiger partial charge >= 0.3 is 0 Å². The summed E-state index contributed by atoms with van der Waals surface area (Å²) in [5.74, 6) is 0. The highest BCUT2D eigenvalue weighted by Crippen LogP contribution is 2.24. The number of benzene rings is 3. The Hall–Kier alpha value is -3.20. The molecule has 0 spiro atoms. The number of fused-ring (bicyclic) bond motifs is 1. The van der Waals surface area contributed by atoms with Gasteiger partial charge in [0.05, 0.1) is 16.8 Å². The van der Waals surface area contributed by atoms with Crippen molar-refractivity contribution in [2.75, 3.05) is 0 Å². The topological polar surface area (TPSA) is 33.1 Å². The molecule has 0 aliphatic carbocycles. The number of halogens is 1. The maximum Gasteiger partial charge on any atom is 0.0843 e. The van der Waals surface area contributed by atoms with Crippen LogP contribution in [-0.4, -0.2) is 10.1 Å². The van der Waals surface area contributed by atoms with Gasteiger partial charge < -0.3 is 5.11 Å². The molecule has 1 heterocycles. The van der Waals surface area contributed by atoms with Gasteiger partial charge in [-0.05, 0) is 72.9 Å². The van der Waals surface area contributed by atoms with E-state index in [0.717, 1.165) is 45.3 Å². The molecule has 0 bridgehead atoms. The summed E-state index contributed by atoms with van der Waals surface area (Å²) < 4.78 is 0. The summed E-state index contributed by atoms with van der Waals surface area (Å²) in [6.07, 6.45) is 9.11. The van der Waals surface area contributed by atoms with E-state index in [-0.39, 0.29) is 0 Å². The number of pyridine rings is 1. The third kappa shape index (κ3) is 5.53. The lowest BCUT2D eigenvalue weighted by Crippen LogP contribution is -2.17. The van der Waals surface area contributed by atoms with Crippen molar-refractivity contribution in [2.24, 2.45) is 0 Å². The van der Waals surface area contributed by atoms with E-state index in [9.17, 15) is 5.11 Å². The molecule has 1 N–H and O–H groups in total. The molecule has 3 aromatic carbocycles. The minimum absolute atomic E-state index is 0.691. The minimum atomic E-state index is -0.850. The number of rotatable bonds is 6. The normalized spacial score (nSPS) is 12.2. The fourth-order valence-electron chi connectivity index (χ4n) is 3.76. The zero-order valence-corrected chi connectivity index (χ0v) is 19.1. The van der Waals surface area contributed by atoms with E-state index in [1.165, 1.54) is 0 Å². The van der Waals surface area contributed by atoms with Gasteiger partial charge in [0.1, 0.15) is 0 Å². The molecule has 1 aromatic heterocycles. The van der Waals surface area contributed by atoms with Crippen LogP contribution in [-0.2, 0) is 12.0 Å². The Morgan fingerprint density at radius 3 is 2.41 bits per heavy atom. The predicted octanol–water partition coefficient (Wildman–Crippen LogP) is 7.54. The Kier molecular flexibility index (Phi) is 6.55. The van der Waals surface area contributed by atoms with Crippen LogP contribution in [0.3, 0.4) is 0 Å². The van der Waals surface area contributed by atoms with Crippen LogP contribution >= 0.6 is 11.6 Å². The number of hydrogen-bond donors (Lipinski definition) is 1. The Morgan fingerprint density at radius 2 is 1.59 bits per heavy atom. The van der Waals surface area contributed by atoms with Crippen LogP contribution in [0.25, 0.3) is 29.1 Å². The van der Waals surface area contributed by atoms with Gasteiger partial charge in [0.2, 0.25) is 0 Å². The molecule has 0 saturated carbocycles. The molecule has 0 amide bonds. The molecular formula is C29H26ClNO. The second kappa shape index (κ2) is 9.52. The lowest BCUT2D eigenvalue weighted by molar-refractivity contribution is 0.0777. The summed E-state index contributed by atoms with van der Waals surface area (Å²) in [4.78, 5) is 4.68. The van der Waals surface area contributed by atoms with Gasteiger partial charge in [-0.3, -0.25) is 0 Å². The molecule has 0 fully saturated rings. The highest BCUT2D eigenvalue weighted by atomic mass is 35.5. The van der Waals surface area contributed by atoms with Gasteiger partial charge in [-0.1, -0.05) is 84.4 Å². The summed E-state index contributed by atoms with van der Waals surface area (Å²) in [6, 6.07) is 26.2. The summed E-state index contributed by atoms with van der Waals surface area (Å²) in [5.41, 5.74) is 5.27. The summed E-state index contributed by atoms with van der Waals surface area (Å²) in [7, 11) is 0. The minimum Gasteiger partial charge on any atom is -0.386 e. The van der Waals surface area contributed by atoms with Crippen LogP contribution in [0.1, 0.15) is 41.8 Å². The van der Waals surface area contributed by atoms with E-state index < -0.39 is 5.60 Å². The first kappa shape index (κ1) is 22.0. The molecule has 4 aromatic rings. The van der Waals surface area contributed by atoms with Gasteiger partial charge in [-0.2, -0.15) is 0 Å². The first-order chi connectivity index (χ1) is 15.4. The first-order valence-corrected chi connectivity index (χ1v) is 11.1. The molecule has 32 heavy (non-hydrogen) atoms. The zero-order valence-electron chi connectivity index (χ0n) is 18.3. The van der Waals surface area contributed by atoms with Crippen LogP contribution in [0.5, 0.6) is 0 Å². The van der Waals surface area contributed by atoms with Gasteiger partial charge in [0.25, 0.3) is 0 Å². The van der Waals surface area contributed by atoms with E-state index in [0.29, 0.717) is 5.02 Å². The SMILES string of the molecule is CC(C)(O)c1ccccc1C/C=C/c1cccc(/C=C/c2ccc3ccc(Cl)cc3n2)c1.